The van der Waals surface area contributed by atoms with Gasteiger partial charge in [-0.25, -0.2) is 4.79 Å². The molecule has 4 rings (SSSR count). The van der Waals surface area contributed by atoms with Crippen molar-refractivity contribution in [3.05, 3.63) is 53.4 Å². The molecule has 0 unspecified atom stereocenters. The van der Waals surface area contributed by atoms with Crippen LogP contribution in [0.1, 0.15) is 23.4 Å². The van der Waals surface area contributed by atoms with Gasteiger partial charge in [-0.1, -0.05) is 17.7 Å². The van der Waals surface area contributed by atoms with Crippen LogP contribution in [0.3, 0.4) is 0 Å². The van der Waals surface area contributed by atoms with Crippen LogP contribution in [-0.2, 0) is 0 Å². The Kier molecular flexibility index (Phi) is 5.94. The summed E-state index contributed by atoms with van der Waals surface area (Å²) in [6.45, 7) is 4.15. The van der Waals surface area contributed by atoms with Crippen molar-refractivity contribution in [3.8, 4) is 0 Å². The Bertz CT molecular complexity index is 841. The largest absolute Gasteiger partial charge is 0.459 e. The molecule has 3 heterocycles. The van der Waals surface area contributed by atoms with Crippen molar-refractivity contribution < 1.29 is 14.0 Å². The summed E-state index contributed by atoms with van der Waals surface area (Å²) >= 11 is 6.08. The standard InChI is InChI=1S/C21H25ClN4O3/c22-16-3-1-4-18(15-16)24-10-12-26(13-11-24)21(28)23-17-6-8-25(9-7-17)20(27)19-5-2-14-29-19/h1-5,14-15,17H,6-13H2,(H,23,28). The van der Waals surface area contributed by atoms with Gasteiger partial charge >= 0.3 is 6.03 Å². The number of furan rings is 1. The predicted molar refractivity (Wildman–Crippen MR) is 111 cm³/mol. The molecule has 0 spiro atoms. The second-order valence-corrected chi connectivity index (χ2v) is 7.88. The molecule has 2 fully saturated rings. The molecular weight excluding hydrogens is 392 g/mol. The van der Waals surface area contributed by atoms with Crippen molar-refractivity contribution in [1.29, 1.82) is 0 Å². The predicted octanol–water partition coefficient (Wildman–Crippen LogP) is 3.07. The fraction of sp³-hybridized carbons (Fsp3) is 0.429. The van der Waals surface area contributed by atoms with Crippen LogP contribution in [0.15, 0.2) is 47.1 Å². The smallest absolute Gasteiger partial charge is 0.317 e. The van der Waals surface area contributed by atoms with Crippen molar-refractivity contribution >= 4 is 29.2 Å². The number of nitrogens with one attached hydrogen (secondary N) is 1. The molecule has 0 bridgehead atoms. The lowest BCUT2D eigenvalue weighted by Gasteiger charge is -2.38. The fourth-order valence-corrected chi connectivity index (χ4v) is 4.07. The highest BCUT2D eigenvalue weighted by atomic mass is 35.5. The number of nitrogens with zero attached hydrogens (tertiary/aromatic N) is 3. The maximum atomic E-state index is 12.6. The Morgan fingerprint density at radius 2 is 1.72 bits per heavy atom. The summed E-state index contributed by atoms with van der Waals surface area (Å²) in [5.41, 5.74) is 1.09. The minimum atomic E-state index is -0.0862. The number of carbonyl (C=O) groups is 2. The number of anilines is 1. The average Bonchev–Trinajstić information content (AvgIpc) is 3.29. The fourth-order valence-electron chi connectivity index (χ4n) is 3.89. The summed E-state index contributed by atoms with van der Waals surface area (Å²) in [5.74, 6) is 0.280. The summed E-state index contributed by atoms with van der Waals surface area (Å²) < 4.78 is 5.19. The van der Waals surface area contributed by atoms with Gasteiger partial charge in [0.25, 0.3) is 5.91 Å². The number of piperidine rings is 1. The van der Waals surface area contributed by atoms with Crippen LogP contribution in [-0.4, -0.2) is 67.0 Å². The third kappa shape index (κ3) is 4.67. The van der Waals surface area contributed by atoms with Gasteiger partial charge in [-0.05, 0) is 43.2 Å². The van der Waals surface area contributed by atoms with E-state index in [1.807, 2.05) is 29.2 Å². The molecule has 0 atom stereocenters. The topological polar surface area (TPSA) is 69.0 Å². The Morgan fingerprint density at radius 1 is 0.966 bits per heavy atom. The molecule has 1 aromatic carbocycles. The van der Waals surface area contributed by atoms with Crippen LogP contribution in [0.25, 0.3) is 0 Å². The average molecular weight is 417 g/mol. The molecule has 0 radical (unpaired) electrons. The van der Waals surface area contributed by atoms with Gasteiger partial charge in [0, 0.05) is 56.0 Å². The molecule has 0 aliphatic carbocycles. The highest BCUT2D eigenvalue weighted by Gasteiger charge is 2.28. The van der Waals surface area contributed by atoms with E-state index in [1.165, 1.54) is 6.26 Å². The molecular formula is C21H25ClN4O3. The van der Waals surface area contributed by atoms with Crippen LogP contribution in [0.2, 0.25) is 5.02 Å². The van der Waals surface area contributed by atoms with E-state index in [1.54, 1.807) is 17.0 Å². The van der Waals surface area contributed by atoms with E-state index in [9.17, 15) is 9.59 Å². The molecule has 2 aliphatic heterocycles. The van der Waals surface area contributed by atoms with E-state index in [-0.39, 0.29) is 18.0 Å². The maximum Gasteiger partial charge on any atom is 0.317 e. The number of halogens is 1. The molecule has 2 saturated heterocycles. The van der Waals surface area contributed by atoms with E-state index >= 15 is 0 Å². The van der Waals surface area contributed by atoms with Gasteiger partial charge in [-0.15, -0.1) is 0 Å². The maximum absolute atomic E-state index is 12.6. The van der Waals surface area contributed by atoms with Gasteiger partial charge in [0.05, 0.1) is 6.26 Å². The first-order valence-electron chi connectivity index (χ1n) is 9.99. The molecule has 29 heavy (non-hydrogen) atoms. The van der Waals surface area contributed by atoms with Crippen LogP contribution in [0, 0.1) is 0 Å². The zero-order chi connectivity index (χ0) is 20.2. The van der Waals surface area contributed by atoms with Gasteiger partial charge in [-0.3, -0.25) is 4.79 Å². The quantitative estimate of drug-likeness (QED) is 0.834. The van der Waals surface area contributed by atoms with Crippen LogP contribution in [0.5, 0.6) is 0 Å². The zero-order valence-corrected chi connectivity index (χ0v) is 17.0. The minimum Gasteiger partial charge on any atom is -0.459 e. The summed E-state index contributed by atoms with van der Waals surface area (Å²) in [5, 5.41) is 3.85. The van der Waals surface area contributed by atoms with Gasteiger partial charge in [0.15, 0.2) is 5.76 Å². The molecule has 7 nitrogen and oxygen atoms in total. The Hall–Kier alpha value is -2.67. The van der Waals surface area contributed by atoms with Crippen LogP contribution >= 0.6 is 11.6 Å². The Balaban J connectivity index is 1.22. The lowest BCUT2D eigenvalue weighted by molar-refractivity contribution is 0.0674. The van der Waals surface area contributed by atoms with Crippen molar-refractivity contribution in [2.24, 2.45) is 0 Å². The monoisotopic (exact) mass is 416 g/mol. The number of hydrogen-bond donors (Lipinski definition) is 1. The van der Waals surface area contributed by atoms with E-state index in [4.69, 9.17) is 16.0 Å². The molecule has 3 amide bonds. The highest BCUT2D eigenvalue weighted by Crippen LogP contribution is 2.21. The van der Waals surface area contributed by atoms with Crippen molar-refractivity contribution in [3.63, 3.8) is 0 Å². The first-order chi connectivity index (χ1) is 14.1. The van der Waals surface area contributed by atoms with E-state index in [0.29, 0.717) is 31.9 Å². The number of amides is 3. The molecule has 0 saturated carbocycles. The second-order valence-electron chi connectivity index (χ2n) is 7.45. The molecule has 1 aromatic heterocycles. The van der Waals surface area contributed by atoms with Gasteiger partial charge < -0.3 is 24.4 Å². The summed E-state index contributed by atoms with van der Waals surface area (Å²) in [4.78, 5) is 30.9. The van der Waals surface area contributed by atoms with E-state index in [0.717, 1.165) is 36.6 Å². The number of likely N-dealkylation sites (tertiary alicyclic amines) is 1. The first-order valence-corrected chi connectivity index (χ1v) is 10.4. The molecule has 1 N–H and O–H groups in total. The van der Waals surface area contributed by atoms with Crippen LogP contribution in [0.4, 0.5) is 10.5 Å². The van der Waals surface area contributed by atoms with Gasteiger partial charge in [-0.2, -0.15) is 0 Å². The van der Waals surface area contributed by atoms with Gasteiger partial charge in [0.2, 0.25) is 0 Å². The number of urea groups is 1. The number of rotatable bonds is 3. The van der Waals surface area contributed by atoms with Crippen molar-refractivity contribution in [1.82, 2.24) is 15.1 Å². The number of carbonyl (C=O) groups excluding carboxylic acids is 2. The number of hydrogen-bond acceptors (Lipinski definition) is 4. The molecule has 2 aromatic rings. The molecule has 8 heteroatoms. The number of benzene rings is 1. The van der Waals surface area contributed by atoms with Crippen LogP contribution < -0.4 is 10.2 Å². The van der Waals surface area contributed by atoms with Crippen molar-refractivity contribution in [2.75, 3.05) is 44.2 Å². The first kappa shape index (κ1) is 19.6. The minimum absolute atomic E-state index is 0.0217. The van der Waals surface area contributed by atoms with Gasteiger partial charge in [0.1, 0.15) is 0 Å². The summed E-state index contributed by atoms with van der Waals surface area (Å²) in [7, 11) is 0. The third-order valence-corrected chi connectivity index (χ3v) is 5.82. The zero-order valence-electron chi connectivity index (χ0n) is 16.2. The normalized spacial score (nSPS) is 18.0. The summed E-state index contributed by atoms with van der Waals surface area (Å²) in [6.07, 6.45) is 3.01. The van der Waals surface area contributed by atoms with Crippen molar-refractivity contribution in [2.45, 2.75) is 18.9 Å². The lowest BCUT2D eigenvalue weighted by Crippen LogP contribution is -2.55. The number of piperazine rings is 1. The lowest BCUT2D eigenvalue weighted by atomic mass is 10.0. The Labute approximate surface area is 175 Å². The van der Waals surface area contributed by atoms with E-state index in [2.05, 4.69) is 10.2 Å². The summed E-state index contributed by atoms with van der Waals surface area (Å²) in [6, 6.07) is 11.3. The molecule has 2 aliphatic rings. The third-order valence-electron chi connectivity index (χ3n) is 5.58. The second kappa shape index (κ2) is 8.78. The SMILES string of the molecule is O=C(NC1CCN(C(=O)c2ccco2)CC1)N1CCN(c2cccc(Cl)c2)CC1. The Morgan fingerprint density at radius 3 is 2.38 bits per heavy atom. The highest BCUT2D eigenvalue weighted by molar-refractivity contribution is 6.30. The molecule has 154 valence electrons. The van der Waals surface area contributed by atoms with E-state index < -0.39 is 0 Å².